The van der Waals surface area contributed by atoms with Gasteiger partial charge >= 0.3 is 0 Å². The Morgan fingerprint density at radius 3 is 2.74 bits per heavy atom. The SMILES string of the molecule is OC[C@@H]1CCCN1c1nc(NCCc2ccc(F)cc2)c2ccccc2n1. The van der Waals surface area contributed by atoms with E-state index in [2.05, 4.69) is 10.2 Å². The molecule has 0 aliphatic carbocycles. The van der Waals surface area contributed by atoms with Gasteiger partial charge in [-0.1, -0.05) is 24.3 Å². The zero-order chi connectivity index (χ0) is 18.6. The van der Waals surface area contributed by atoms with Crippen molar-refractivity contribution in [1.29, 1.82) is 0 Å². The fraction of sp³-hybridized carbons (Fsp3) is 0.333. The first kappa shape index (κ1) is 17.7. The number of anilines is 2. The summed E-state index contributed by atoms with van der Waals surface area (Å²) in [6.07, 6.45) is 2.77. The predicted octanol–water partition coefficient (Wildman–Crippen LogP) is 3.38. The molecule has 0 amide bonds. The van der Waals surface area contributed by atoms with Crippen LogP contribution in [0.5, 0.6) is 0 Å². The molecular formula is C21H23FN4O. The minimum Gasteiger partial charge on any atom is -0.394 e. The highest BCUT2D eigenvalue weighted by Crippen LogP contribution is 2.27. The number of hydrogen-bond acceptors (Lipinski definition) is 5. The summed E-state index contributed by atoms with van der Waals surface area (Å²) >= 11 is 0. The maximum Gasteiger partial charge on any atom is 0.228 e. The van der Waals surface area contributed by atoms with Crippen molar-refractivity contribution in [3.8, 4) is 0 Å². The van der Waals surface area contributed by atoms with E-state index in [1.807, 2.05) is 24.3 Å². The average molecular weight is 366 g/mol. The molecule has 0 radical (unpaired) electrons. The second kappa shape index (κ2) is 7.88. The first-order chi connectivity index (χ1) is 13.2. The Balaban J connectivity index is 1.57. The highest BCUT2D eigenvalue weighted by atomic mass is 19.1. The number of nitrogens with zero attached hydrogens (tertiary/aromatic N) is 3. The molecule has 0 saturated carbocycles. The predicted molar refractivity (Wildman–Crippen MR) is 106 cm³/mol. The number of halogens is 1. The van der Waals surface area contributed by atoms with Gasteiger partial charge in [-0.25, -0.2) is 9.37 Å². The molecule has 5 nitrogen and oxygen atoms in total. The van der Waals surface area contributed by atoms with Gasteiger partial charge in [-0.15, -0.1) is 0 Å². The summed E-state index contributed by atoms with van der Waals surface area (Å²) in [4.78, 5) is 11.6. The van der Waals surface area contributed by atoms with Crippen molar-refractivity contribution in [2.45, 2.75) is 25.3 Å². The Kier molecular flexibility index (Phi) is 5.16. The molecular weight excluding hydrogens is 343 g/mol. The summed E-state index contributed by atoms with van der Waals surface area (Å²) in [6, 6.07) is 14.6. The number of aliphatic hydroxyl groups excluding tert-OH is 1. The molecule has 3 aromatic rings. The second-order valence-corrected chi connectivity index (χ2v) is 6.86. The lowest BCUT2D eigenvalue weighted by Gasteiger charge is -2.24. The number of benzene rings is 2. The molecule has 0 unspecified atom stereocenters. The van der Waals surface area contributed by atoms with Crippen LogP contribution in [-0.4, -0.2) is 40.8 Å². The van der Waals surface area contributed by atoms with Crippen LogP contribution in [0, 0.1) is 5.82 Å². The molecule has 1 atom stereocenters. The van der Waals surface area contributed by atoms with Gasteiger partial charge in [0.1, 0.15) is 11.6 Å². The zero-order valence-electron chi connectivity index (χ0n) is 15.1. The van der Waals surface area contributed by atoms with Gasteiger partial charge in [-0.2, -0.15) is 4.98 Å². The Morgan fingerprint density at radius 2 is 1.93 bits per heavy atom. The van der Waals surface area contributed by atoms with Gasteiger partial charge in [0.25, 0.3) is 0 Å². The van der Waals surface area contributed by atoms with E-state index in [0.717, 1.165) is 48.1 Å². The quantitative estimate of drug-likeness (QED) is 0.700. The van der Waals surface area contributed by atoms with Gasteiger partial charge in [-0.05, 0) is 49.1 Å². The molecule has 6 heteroatoms. The third-order valence-corrected chi connectivity index (χ3v) is 5.06. The topological polar surface area (TPSA) is 61.3 Å². The van der Waals surface area contributed by atoms with E-state index in [1.54, 1.807) is 12.1 Å². The Hall–Kier alpha value is -2.73. The molecule has 1 aliphatic heterocycles. The average Bonchev–Trinajstić information content (AvgIpc) is 3.18. The molecule has 2 aromatic carbocycles. The van der Waals surface area contributed by atoms with E-state index in [1.165, 1.54) is 12.1 Å². The third kappa shape index (κ3) is 3.85. The van der Waals surface area contributed by atoms with E-state index in [4.69, 9.17) is 9.97 Å². The maximum absolute atomic E-state index is 13.0. The first-order valence-electron chi connectivity index (χ1n) is 9.37. The highest BCUT2D eigenvalue weighted by molar-refractivity contribution is 5.90. The largest absolute Gasteiger partial charge is 0.394 e. The number of aromatic nitrogens is 2. The lowest BCUT2D eigenvalue weighted by Crippen LogP contribution is -2.33. The van der Waals surface area contributed by atoms with Crippen LogP contribution in [0.3, 0.4) is 0 Å². The standard InChI is InChI=1S/C21H23FN4O/c22-16-9-7-15(8-10-16)11-12-23-20-18-5-1-2-6-19(18)24-21(25-20)26-13-3-4-17(26)14-27/h1-2,5-10,17,27H,3-4,11-14H2,(H,23,24,25)/t17-/m0/s1. The summed E-state index contributed by atoms with van der Waals surface area (Å²) in [6.45, 7) is 1.66. The highest BCUT2D eigenvalue weighted by Gasteiger charge is 2.26. The Morgan fingerprint density at radius 1 is 1.11 bits per heavy atom. The van der Waals surface area contributed by atoms with Crippen molar-refractivity contribution in [2.24, 2.45) is 0 Å². The van der Waals surface area contributed by atoms with Crippen molar-refractivity contribution in [1.82, 2.24) is 9.97 Å². The fourth-order valence-electron chi connectivity index (χ4n) is 3.59. The van der Waals surface area contributed by atoms with Crippen LogP contribution >= 0.6 is 0 Å². The summed E-state index contributed by atoms with van der Waals surface area (Å²) < 4.78 is 13.0. The number of nitrogens with one attached hydrogen (secondary N) is 1. The van der Waals surface area contributed by atoms with E-state index in [9.17, 15) is 9.50 Å². The van der Waals surface area contributed by atoms with Crippen LogP contribution in [0.4, 0.5) is 16.2 Å². The number of hydrogen-bond donors (Lipinski definition) is 2. The molecule has 0 bridgehead atoms. The van der Waals surface area contributed by atoms with Gasteiger partial charge in [-0.3, -0.25) is 0 Å². The van der Waals surface area contributed by atoms with Crippen LogP contribution in [0.15, 0.2) is 48.5 Å². The molecule has 2 heterocycles. The molecule has 1 aliphatic rings. The van der Waals surface area contributed by atoms with Crippen molar-refractivity contribution in [3.05, 3.63) is 59.9 Å². The van der Waals surface area contributed by atoms with Crippen molar-refractivity contribution < 1.29 is 9.50 Å². The zero-order valence-corrected chi connectivity index (χ0v) is 15.1. The van der Waals surface area contributed by atoms with E-state index < -0.39 is 0 Å². The lowest BCUT2D eigenvalue weighted by atomic mass is 10.1. The van der Waals surface area contributed by atoms with E-state index >= 15 is 0 Å². The molecule has 140 valence electrons. The summed E-state index contributed by atoms with van der Waals surface area (Å²) in [5.41, 5.74) is 1.96. The minimum atomic E-state index is -0.220. The van der Waals surface area contributed by atoms with Crippen LogP contribution in [0.25, 0.3) is 10.9 Å². The number of fused-ring (bicyclic) bond motifs is 1. The summed E-state index contributed by atoms with van der Waals surface area (Å²) in [5, 5.41) is 14.0. The third-order valence-electron chi connectivity index (χ3n) is 5.06. The monoisotopic (exact) mass is 366 g/mol. The number of aliphatic hydroxyl groups is 1. The number of rotatable bonds is 6. The van der Waals surface area contributed by atoms with Gasteiger partial charge < -0.3 is 15.3 Å². The molecule has 1 saturated heterocycles. The Labute approximate surface area is 157 Å². The molecule has 27 heavy (non-hydrogen) atoms. The number of para-hydroxylation sites is 1. The van der Waals surface area contributed by atoms with Crippen molar-refractivity contribution >= 4 is 22.7 Å². The second-order valence-electron chi connectivity index (χ2n) is 6.86. The molecule has 2 N–H and O–H groups in total. The normalized spacial score (nSPS) is 16.8. The van der Waals surface area contributed by atoms with E-state index in [0.29, 0.717) is 12.5 Å². The maximum atomic E-state index is 13.0. The van der Waals surface area contributed by atoms with Crippen LogP contribution < -0.4 is 10.2 Å². The first-order valence-corrected chi connectivity index (χ1v) is 9.37. The van der Waals surface area contributed by atoms with Gasteiger partial charge in [0.15, 0.2) is 0 Å². The fourth-order valence-corrected chi connectivity index (χ4v) is 3.59. The Bertz CT molecular complexity index is 916. The summed E-state index contributed by atoms with van der Waals surface area (Å²) in [7, 11) is 0. The van der Waals surface area contributed by atoms with Gasteiger partial charge in [0.05, 0.1) is 18.2 Å². The molecule has 4 rings (SSSR count). The smallest absolute Gasteiger partial charge is 0.228 e. The van der Waals surface area contributed by atoms with E-state index in [-0.39, 0.29) is 18.5 Å². The van der Waals surface area contributed by atoms with Gasteiger partial charge in [0.2, 0.25) is 5.95 Å². The molecule has 0 spiro atoms. The van der Waals surface area contributed by atoms with Crippen LogP contribution in [-0.2, 0) is 6.42 Å². The summed E-state index contributed by atoms with van der Waals surface area (Å²) in [5.74, 6) is 1.23. The minimum absolute atomic E-state index is 0.0817. The van der Waals surface area contributed by atoms with Gasteiger partial charge in [0, 0.05) is 18.5 Å². The van der Waals surface area contributed by atoms with Crippen molar-refractivity contribution in [3.63, 3.8) is 0 Å². The molecule has 1 fully saturated rings. The van der Waals surface area contributed by atoms with Crippen LogP contribution in [0.1, 0.15) is 18.4 Å². The lowest BCUT2D eigenvalue weighted by molar-refractivity contribution is 0.265. The molecule has 1 aromatic heterocycles. The van der Waals surface area contributed by atoms with Crippen LogP contribution in [0.2, 0.25) is 0 Å². The van der Waals surface area contributed by atoms with Crippen molar-refractivity contribution in [2.75, 3.05) is 29.9 Å².